The Labute approximate surface area is 230 Å². The first-order valence-electron chi connectivity index (χ1n) is 11.5. The molecule has 0 fully saturated rings. The highest BCUT2D eigenvalue weighted by molar-refractivity contribution is 14.1. The van der Waals surface area contributed by atoms with E-state index in [-0.39, 0.29) is 18.0 Å². The Bertz CT molecular complexity index is 912. The Morgan fingerprint density at radius 3 is 2.06 bits per heavy atom. The van der Waals surface area contributed by atoms with E-state index >= 15 is 0 Å². The molecule has 0 spiro atoms. The van der Waals surface area contributed by atoms with Crippen molar-refractivity contribution >= 4 is 57.3 Å². The molecule has 0 aliphatic rings. The summed E-state index contributed by atoms with van der Waals surface area (Å²) in [6, 6.07) is 13.9. The molecule has 0 saturated carbocycles. The molecule has 2 aromatic carbocycles. The van der Waals surface area contributed by atoms with Gasteiger partial charge in [-0.25, -0.2) is 0 Å². The molecule has 2 aromatic rings. The standard InChI is InChI=1S/C26H35I2N3O3/c1-19-15-24(11-12-25(19)26(32)31(20(2)16-27)21(3)17-28)34-14-6-4-5-13-33-23-9-7-22(8-10-23)18-30-29/h7-12,15,18,20-21H,4-6,13-14,16-17,29H2,1-3H3. The molecule has 0 aromatic heterocycles. The van der Waals surface area contributed by atoms with E-state index in [0.717, 1.165) is 56.3 Å². The second kappa shape index (κ2) is 15.4. The third-order valence-electron chi connectivity index (χ3n) is 5.49. The molecule has 0 radical (unpaired) electrons. The Hall–Kier alpha value is -1.56. The van der Waals surface area contributed by atoms with Gasteiger partial charge in [0.05, 0.1) is 19.4 Å². The van der Waals surface area contributed by atoms with Gasteiger partial charge in [0.2, 0.25) is 0 Å². The van der Waals surface area contributed by atoms with E-state index in [0.29, 0.717) is 13.2 Å². The second-order valence-electron chi connectivity index (χ2n) is 8.30. The second-order valence-corrected chi connectivity index (χ2v) is 10.1. The van der Waals surface area contributed by atoms with Crippen molar-refractivity contribution in [3.63, 3.8) is 0 Å². The van der Waals surface area contributed by atoms with Crippen LogP contribution in [0.2, 0.25) is 0 Å². The number of hydrazone groups is 1. The third-order valence-corrected chi connectivity index (χ3v) is 8.04. The summed E-state index contributed by atoms with van der Waals surface area (Å²) in [6.45, 7) is 7.51. The number of ether oxygens (including phenoxy) is 2. The monoisotopic (exact) mass is 691 g/mol. The zero-order valence-corrected chi connectivity index (χ0v) is 24.5. The van der Waals surface area contributed by atoms with E-state index in [2.05, 4.69) is 64.1 Å². The Kier molecular flexibility index (Phi) is 13.0. The molecule has 8 heteroatoms. The van der Waals surface area contributed by atoms with Crippen molar-refractivity contribution in [2.75, 3.05) is 22.1 Å². The van der Waals surface area contributed by atoms with Crippen molar-refractivity contribution in [1.29, 1.82) is 0 Å². The molecule has 0 aliphatic heterocycles. The van der Waals surface area contributed by atoms with Gasteiger partial charge in [-0.3, -0.25) is 4.79 Å². The van der Waals surface area contributed by atoms with Crippen LogP contribution in [0.25, 0.3) is 0 Å². The summed E-state index contributed by atoms with van der Waals surface area (Å²) in [5, 5.41) is 3.51. The third kappa shape index (κ3) is 8.90. The molecule has 34 heavy (non-hydrogen) atoms. The van der Waals surface area contributed by atoms with Crippen molar-refractivity contribution in [1.82, 2.24) is 4.90 Å². The molecular weight excluding hydrogens is 656 g/mol. The molecular formula is C26H35I2N3O3. The minimum Gasteiger partial charge on any atom is -0.494 e. The molecule has 0 aliphatic carbocycles. The average molecular weight is 691 g/mol. The number of rotatable bonds is 14. The number of alkyl halides is 2. The van der Waals surface area contributed by atoms with Crippen molar-refractivity contribution in [2.24, 2.45) is 10.9 Å². The van der Waals surface area contributed by atoms with Gasteiger partial charge >= 0.3 is 0 Å². The summed E-state index contributed by atoms with van der Waals surface area (Å²) in [7, 11) is 0. The number of amides is 1. The SMILES string of the molecule is Cc1cc(OCCCCCOc2ccc(C=NN)cc2)ccc1C(=O)N(C(C)CI)C(C)CI. The maximum Gasteiger partial charge on any atom is 0.254 e. The van der Waals surface area contributed by atoms with Gasteiger partial charge in [-0.15, -0.1) is 0 Å². The number of carbonyl (C=O) groups is 1. The molecule has 186 valence electrons. The Balaban J connectivity index is 1.76. The number of carbonyl (C=O) groups excluding carboxylic acids is 1. The predicted octanol–water partition coefficient (Wildman–Crippen LogP) is 6.00. The summed E-state index contributed by atoms with van der Waals surface area (Å²) in [5.74, 6) is 6.90. The quantitative estimate of drug-likeness (QED) is 0.0659. The van der Waals surface area contributed by atoms with Crippen LogP contribution in [0.15, 0.2) is 47.6 Å². The highest BCUT2D eigenvalue weighted by Crippen LogP contribution is 2.22. The van der Waals surface area contributed by atoms with Crippen LogP contribution in [0.4, 0.5) is 0 Å². The predicted molar refractivity (Wildman–Crippen MR) is 157 cm³/mol. The van der Waals surface area contributed by atoms with Gasteiger partial charge in [-0.1, -0.05) is 45.2 Å². The maximum absolute atomic E-state index is 13.2. The van der Waals surface area contributed by atoms with Crippen LogP contribution in [0, 0.1) is 6.92 Å². The number of unbranched alkanes of at least 4 members (excludes halogenated alkanes) is 2. The summed E-state index contributed by atoms with van der Waals surface area (Å²) in [4.78, 5) is 15.2. The molecule has 0 bridgehead atoms. The molecule has 2 atom stereocenters. The van der Waals surface area contributed by atoms with Crippen LogP contribution >= 0.6 is 45.2 Å². The van der Waals surface area contributed by atoms with Crippen molar-refractivity contribution in [3.8, 4) is 11.5 Å². The summed E-state index contributed by atoms with van der Waals surface area (Å²) in [5.41, 5.74) is 2.65. The number of hydrogen-bond acceptors (Lipinski definition) is 5. The largest absolute Gasteiger partial charge is 0.494 e. The zero-order chi connectivity index (χ0) is 24.9. The number of hydrogen-bond donors (Lipinski definition) is 1. The number of nitrogens with two attached hydrogens (primary N) is 1. The van der Waals surface area contributed by atoms with Crippen LogP contribution in [0.3, 0.4) is 0 Å². The van der Waals surface area contributed by atoms with E-state index in [1.807, 2.05) is 54.3 Å². The van der Waals surface area contributed by atoms with E-state index < -0.39 is 0 Å². The molecule has 0 heterocycles. The number of aryl methyl sites for hydroxylation is 1. The van der Waals surface area contributed by atoms with Gasteiger partial charge in [-0.05, 0) is 93.6 Å². The lowest BCUT2D eigenvalue weighted by atomic mass is 10.1. The first kappa shape index (κ1) is 28.7. The number of benzene rings is 2. The highest BCUT2D eigenvalue weighted by Gasteiger charge is 2.26. The van der Waals surface area contributed by atoms with E-state index in [9.17, 15) is 4.79 Å². The topological polar surface area (TPSA) is 77.1 Å². The van der Waals surface area contributed by atoms with Crippen molar-refractivity contribution in [2.45, 2.75) is 52.1 Å². The molecule has 1 amide bonds. The van der Waals surface area contributed by atoms with E-state index in [4.69, 9.17) is 15.3 Å². The summed E-state index contributed by atoms with van der Waals surface area (Å²) >= 11 is 4.69. The van der Waals surface area contributed by atoms with E-state index in [1.54, 1.807) is 6.21 Å². The maximum atomic E-state index is 13.2. The van der Waals surface area contributed by atoms with Crippen molar-refractivity contribution < 1.29 is 14.3 Å². The molecule has 0 saturated heterocycles. The fourth-order valence-corrected chi connectivity index (χ4v) is 4.43. The number of halogens is 2. The molecule has 6 nitrogen and oxygen atoms in total. The van der Waals surface area contributed by atoms with Gasteiger partial charge < -0.3 is 20.2 Å². The van der Waals surface area contributed by atoms with Gasteiger partial charge in [0, 0.05) is 26.5 Å². The molecule has 2 N–H and O–H groups in total. The minimum atomic E-state index is 0.0968. The lowest BCUT2D eigenvalue weighted by Crippen LogP contribution is -2.46. The summed E-state index contributed by atoms with van der Waals surface area (Å²) in [6.07, 6.45) is 4.53. The summed E-state index contributed by atoms with van der Waals surface area (Å²) < 4.78 is 13.5. The molecule has 2 rings (SSSR count). The van der Waals surface area contributed by atoms with Gasteiger partial charge in [0.1, 0.15) is 11.5 Å². The van der Waals surface area contributed by atoms with Gasteiger partial charge in [0.15, 0.2) is 0 Å². The van der Waals surface area contributed by atoms with E-state index in [1.165, 1.54) is 0 Å². The minimum absolute atomic E-state index is 0.0968. The molecule has 2 unspecified atom stereocenters. The van der Waals surface area contributed by atoms with Crippen LogP contribution < -0.4 is 15.3 Å². The first-order chi connectivity index (χ1) is 16.4. The lowest BCUT2D eigenvalue weighted by molar-refractivity contribution is 0.0655. The van der Waals surface area contributed by atoms with Crippen LogP contribution in [0.5, 0.6) is 11.5 Å². The normalized spacial score (nSPS) is 13.0. The fraction of sp³-hybridized carbons (Fsp3) is 0.462. The fourth-order valence-electron chi connectivity index (χ4n) is 3.59. The first-order valence-corrected chi connectivity index (χ1v) is 14.6. The van der Waals surface area contributed by atoms with Gasteiger partial charge in [0.25, 0.3) is 5.91 Å². The highest BCUT2D eigenvalue weighted by atomic mass is 127. The lowest BCUT2D eigenvalue weighted by Gasteiger charge is -2.33. The van der Waals surface area contributed by atoms with Gasteiger partial charge in [-0.2, -0.15) is 5.10 Å². The Morgan fingerprint density at radius 2 is 1.53 bits per heavy atom. The smallest absolute Gasteiger partial charge is 0.254 e. The van der Waals surface area contributed by atoms with Crippen LogP contribution in [0.1, 0.15) is 54.6 Å². The van der Waals surface area contributed by atoms with Crippen LogP contribution in [-0.4, -0.2) is 51.2 Å². The average Bonchev–Trinajstić information content (AvgIpc) is 2.84. The van der Waals surface area contributed by atoms with Crippen LogP contribution in [-0.2, 0) is 0 Å². The number of nitrogens with zero attached hydrogens (tertiary/aromatic N) is 2. The Morgan fingerprint density at radius 1 is 0.971 bits per heavy atom. The zero-order valence-electron chi connectivity index (χ0n) is 20.2. The van der Waals surface area contributed by atoms with Crippen molar-refractivity contribution in [3.05, 3.63) is 59.2 Å².